The number of hydroxylamine groups is 2. The van der Waals surface area contributed by atoms with Crippen molar-refractivity contribution in [2.45, 2.75) is 58.4 Å². The fraction of sp³-hybridized carbons (Fsp3) is 0.522. The molecule has 33 heavy (non-hydrogen) atoms. The Bertz CT molecular complexity index is 963. The van der Waals surface area contributed by atoms with Crippen molar-refractivity contribution in [2.75, 3.05) is 25.0 Å². The fourth-order valence-electron chi connectivity index (χ4n) is 3.92. The molecule has 3 N–H and O–H groups in total. The molecule has 0 saturated carbocycles. The average Bonchev–Trinajstić information content (AvgIpc) is 2.79. The molecule has 0 fully saturated rings. The number of aryl methyl sites for hydroxylation is 4. The normalized spacial score (nSPS) is 13.8. The van der Waals surface area contributed by atoms with Gasteiger partial charge in [0, 0.05) is 25.4 Å². The van der Waals surface area contributed by atoms with E-state index in [0.717, 1.165) is 48.8 Å². The number of carboxylic acids is 1. The minimum absolute atomic E-state index is 0.0623. The van der Waals surface area contributed by atoms with Gasteiger partial charge in [-0.05, 0) is 69.6 Å². The van der Waals surface area contributed by atoms with Crippen LogP contribution in [0.1, 0.15) is 58.6 Å². The number of carbonyl (C=O) groups is 2. The van der Waals surface area contributed by atoms with Crippen LogP contribution in [-0.4, -0.2) is 68.1 Å². The van der Waals surface area contributed by atoms with Gasteiger partial charge in [0.2, 0.25) is 0 Å². The van der Waals surface area contributed by atoms with E-state index >= 15 is 0 Å². The lowest BCUT2D eigenvalue weighted by Crippen LogP contribution is -2.44. The van der Waals surface area contributed by atoms with E-state index in [9.17, 15) is 19.8 Å². The first-order valence-corrected chi connectivity index (χ1v) is 11.2. The summed E-state index contributed by atoms with van der Waals surface area (Å²) in [5.74, 6) is -0.910. The van der Waals surface area contributed by atoms with E-state index in [4.69, 9.17) is 4.84 Å². The fourth-order valence-corrected chi connectivity index (χ4v) is 3.92. The summed E-state index contributed by atoms with van der Waals surface area (Å²) in [4.78, 5) is 34.8. The van der Waals surface area contributed by atoms with Crippen LogP contribution >= 0.6 is 0 Å². The van der Waals surface area contributed by atoms with Crippen molar-refractivity contribution < 1.29 is 24.6 Å². The molecule has 0 amide bonds. The van der Waals surface area contributed by atoms with Crippen LogP contribution in [0.4, 0.5) is 5.82 Å². The maximum atomic E-state index is 12.8. The van der Waals surface area contributed by atoms with E-state index in [1.165, 1.54) is 11.8 Å². The summed E-state index contributed by atoms with van der Waals surface area (Å²) >= 11 is 0. The van der Waals surface area contributed by atoms with Crippen molar-refractivity contribution in [1.29, 1.82) is 0 Å². The van der Waals surface area contributed by atoms with Gasteiger partial charge in [0.05, 0.1) is 17.5 Å². The standard InChI is InChI=1S/C23H31N5O5/c1-15-14-25-27-16(2)20(15)23(32)33-28(19(10-13-29)22(30)31)12-4-3-7-18-9-8-17-6-5-11-24-21(17)26-18/h8-9,14,19,29H,3-7,10-13H2,1-2H3,(H,24,26)(H,30,31)/t19-/m0/s1. The van der Waals surface area contributed by atoms with Crippen molar-refractivity contribution in [3.63, 3.8) is 0 Å². The Morgan fingerprint density at radius 1 is 1.27 bits per heavy atom. The molecule has 3 rings (SSSR count). The molecule has 0 aromatic carbocycles. The average molecular weight is 458 g/mol. The Morgan fingerprint density at radius 2 is 2.09 bits per heavy atom. The van der Waals surface area contributed by atoms with Gasteiger partial charge in [-0.2, -0.15) is 10.2 Å². The van der Waals surface area contributed by atoms with Crippen molar-refractivity contribution in [3.8, 4) is 0 Å². The molecule has 0 aliphatic carbocycles. The maximum Gasteiger partial charge on any atom is 0.359 e. The van der Waals surface area contributed by atoms with E-state index in [1.54, 1.807) is 13.8 Å². The topological polar surface area (TPSA) is 138 Å². The molecule has 0 bridgehead atoms. The second-order valence-corrected chi connectivity index (χ2v) is 8.17. The third-order valence-electron chi connectivity index (χ3n) is 5.67. The number of aliphatic hydroxyl groups is 1. The molecule has 178 valence electrons. The SMILES string of the molecule is Cc1cnnc(C)c1C(=O)ON(CCCCc1ccc2c(n1)NCCC2)[C@@H](CCO)C(=O)O. The highest BCUT2D eigenvalue weighted by molar-refractivity contribution is 5.91. The van der Waals surface area contributed by atoms with Gasteiger partial charge < -0.3 is 20.4 Å². The summed E-state index contributed by atoms with van der Waals surface area (Å²) in [5, 5.41) is 31.1. The molecule has 10 heteroatoms. The molecule has 1 aliphatic rings. The quantitative estimate of drug-likeness (QED) is 0.339. The lowest BCUT2D eigenvalue weighted by Gasteiger charge is -2.27. The molecule has 0 saturated heterocycles. The van der Waals surface area contributed by atoms with Gasteiger partial charge in [-0.1, -0.05) is 6.07 Å². The summed E-state index contributed by atoms with van der Waals surface area (Å²) in [7, 11) is 0. The number of nitrogens with one attached hydrogen (secondary N) is 1. The number of anilines is 1. The first-order chi connectivity index (χ1) is 15.9. The maximum absolute atomic E-state index is 12.8. The third kappa shape index (κ3) is 6.45. The summed E-state index contributed by atoms with van der Waals surface area (Å²) < 4.78 is 0. The summed E-state index contributed by atoms with van der Waals surface area (Å²) in [6, 6.07) is 2.98. The lowest BCUT2D eigenvalue weighted by atomic mass is 10.1. The zero-order valence-electron chi connectivity index (χ0n) is 19.1. The van der Waals surface area contributed by atoms with Gasteiger partial charge in [0.15, 0.2) is 0 Å². The first kappa shape index (κ1) is 24.5. The summed E-state index contributed by atoms with van der Waals surface area (Å²) in [5.41, 5.74) is 3.45. The number of aromatic nitrogens is 3. The number of rotatable bonds is 11. The minimum Gasteiger partial charge on any atom is -0.480 e. The van der Waals surface area contributed by atoms with E-state index in [2.05, 4.69) is 26.6 Å². The van der Waals surface area contributed by atoms with Crippen LogP contribution in [0.25, 0.3) is 0 Å². The van der Waals surface area contributed by atoms with E-state index in [0.29, 0.717) is 17.7 Å². The highest BCUT2D eigenvalue weighted by Gasteiger charge is 2.30. The Hall–Kier alpha value is -3.11. The molecule has 2 aromatic heterocycles. The predicted octanol–water partition coefficient (Wildman–Crippen LogP) is 2.08. The highest BCUT2D eigenvalue weighted by Crippen LogP contribution is 2.21. The van der Waals surface area contributed by atoms with Crippen molar-refractivity contribution in [2.24, 2.45) is 0 Å². The smallest absolute Gasteiger partial charge is 0.359 e. The lowest BCUT2D eigenvalue weighted by molar-refractivity contribution is -0.174. The van der Waals surface area contributed by atoms with Crippen LogP contribution in [-0.2, 0) is 22.5 Å². The van der Waals surface area contributed by atoms with Crippen molar-refractivity contribution in [3.05, 3.63) is 46.4 Å². The Kier molecular flexibility index (Phi) is 8.67. The number of carboxylic acid groups (broad SMARTS) is 1. The molecule has 1 atom stereocenters. The summed E-state index contributed by atoms with van der Waals surface area (Å²) in [6.45, 7) is 4.15. The number of hydrogen-bond acceptors (Lipinski definition) is 9. The monoisotopic (exact) mass is 457 g/mol. The largest absolute Gasteiger partial charge is 0.480 e. The predicted molar refractivity (Wildman–Crippen MR) is 121 cm³/mol. The second kappa shape index (κ2) is 11.7. The number of aliphatic carboxylic acids is 1. The van der Waals surface area contributed by atoms with Crippen molar-refractivity contribution >= 4 is 17.8 Å². The Morgan fingerprint density at radius 3 is 2.82 bits per heavy atom. The Balaban J connectivity index is 1.64. The van der Waals surface area contributed by atoms with Crippen LogP contribution in [0, 0.1) is 13.8 Å². The molecule has 0 radical (unpaired) electrons. The molecular formula is C23H31N5O5. The van der Waals surface area contributed by atoms with Crippen LogP contribution < -0.4 is 5.32 Å². The molecule has 0 unspecified atom stereocenters. The van der Waals surface area contributed by atoms with Gasteiger partial charge in [-0.25, -0.2) is 9.78 Å². The number of aliphatic hydroxyl groups excluding tert-OH is 1. The number of hydrogen-bond donors (Lipinski definition) is 3. The minimum atomic E-state index is -1.17. The van der Waals surface area contributed by atoms with Crippen molar-refractivity contribution in [1.82, 2.24) is 20.2 Å². The molecule has 2 aromatic rings. The molecule has 3 heterocycles. The molecule has 1 aliphatic heterocycles. The first-order valence-electron chi connectivity index (χ1n) is 11.2. The molecule has 10 nitrogen and oxygen atoms in total. The zero-order valence-corrected chi connectivity index (χ0v) is 19.1. The Labute approximate surface area is 193 Å². The van der Waals surface area contributed by atoms with Crippen LogP contribution in [0.15, 0.2) is 18.3 Å². The highest BCUT2D eigenvalue weighted by atomic mass is 16.7. The van der Waals surface area contributed by atoms with E-state index in [-0.39, 0.29) is 25.1 Å². The molecule has 0 spiro atoms. The van der Waals surface area contributed by atoms with Gasteiger partial charge in [0.25, 0.3) is 0 Å². The van der Waals surface area contributed by atoms with Crippen LogP contribution in [0.5, 0.6) is 0 Å². The van der Waals surface area contributed by atoms with Gasteiger partial charge in [-0.3, -0.25) is 4.79 Å². The molecular weight excluding hydrogens is 426 g/mol. The van der Waals surface area contributed by atoms with E-state index < -0.39 is 18.0 Å². The summed E-state index contributed by atoms with van der Waals surface area (Å²) in [6.07, 6.45) is 5.57. The number of nitrogens with zero attached hydrogens (tertiary/aromatic N) is 4. The second-order valence-electron chi connectivity index (χ2n) is 8.17. The zero-order chi connectivity index (χ0) is 23.8. The van der Waals surface area contributed by atoms with Crippen LogP contribution in [0.3, 0.4) is 0 Å². The number of carbonyl (C=O) groups excluding carboxylic acids is 1. The van der Waals surface area contributed by atoms with Gasteiger partial charge in [-0.15, -0.1) is 5.06 Å². The third-order valence-corrected chi connectivity index (χ3v) is 5.67. The number of unbranched alkanes of at least 4 members (excludes halogenated alkanes) is 1. The van der Waals surface area contributed by atoms with Gasteiger partial charge >= 0.3 is 11.9 Å². The number of pyridine rings is 1. The number of fused-ring (bicyclic) bond motifs is 1. The van der Waals surface area contributed by atoms with Crippen LogP contribution in [0.2, 0.25) is 0 Å². The van der Waals surface area contributed by atoms with Gasteiger partial charge in [0.1, 0.15) is 11.9 Å². The van der Waals surface area contributed by atoms with E-state index in [1.807, 2.05) is 6.07 Å².